The molecule has 4 heteroatoms. The van der Waals surface area contributed by atoms with Gasteiger partial charge in [0.2, 0.25) is 0 Å². The summed E-state index contributed by atoms with van der Waals surface area (Å²) < 4.78 is 20.1. The van der Waals surface area contributed by atoms with Gasteiger partial charge in [-0.2, -0.15) is 0 Å². The Balaban J connectivity index is 1.59. The highest BCUT2D eigenvalue weighted by Gasteiger charge is 2.23. The predicted octanol–water partition coefficient (Wildman–Crippen LogP) is 4.24. The van der Waals surface area contributed by atoms with Crippen LogP contribution in [0, 0.1) is 5.82 Å². The first-order chi connectivity index (χ1) is 10.1. The summed E-state index contributed by atoms with van der Waals surface area (Å²) in [5.74, 6) is 0.601. The van der Waals surface area contributed by atoms with E-state index in [2.05, 4.69) is 34.2 Å². The molecular weight excluding hydrogens is 333 g/mol. The summed E-state index contributed by atoms with van der Waals surface area (Å²) in [6.07, 6.45) is 0.815. The topological polar surface area (TPSA) is 21.3 Å². The van der Waals surface area contributed by atoms with Crippen LogP contribution in [0.25, 0.3) is 0 Å². The van der Waals surface area contributed by atoms with Crippen molar-refractivity contribution in [1.82, 2.24) is 5.32 Å². The van der Waals surface area contributed by atoms with E-state index in [1.54, 1.807) is 12.1 Å². The lowest BCUT2D eigenvalue weighted by molar-refractivity contribution is 0.222. The number of benzene rings is 2. The fourth-order valence-corrected chi connectivity index (χ4v) is 3.28. The smallest absolute Gasteiger partial charge is 0.123 e. The number of fused-ring (bicyclic) bond motifs is 1. The molecule has 0 aliphatic carbocycles. The van der Waals surface area contributed by atoms with Gasteiger partial charge < -0.3 is 10.1 Å². The molecule has 2 aromatic rings. The average Bonchev–Trinajstić information content (AvgIpc) is 2.87. The lowest BCUT2D eigenvalue weighted by Gasteiger charge is -2.18. The molecule has 110 valence electrons. The quantitative estimate of drug-likeness (QED) is 0.891. The molecule has 0 saturated heterocycles. The summed E-state index contributed by atoms with van der Waals surface area (Å²) in [5.41, 5.74) is 2.18. The van der Waals surface area contributed by atoms with Gasteiger partial charge in [0, 0.05) is 29.0 Å². The highest BCUT2D eigenvalue weighted by atomic mass is 79.9. The normalized spacial score (nSPS) is 18.1. The molecule has 1 aliphatic heterocycles. The van der Waals surface area contributed by atoms with Gasteiger partial charge >= 0.3 is 0 Å². The fourth-order valence-electron chi connectivity index (χ4n) is 2.65. The second-order valence-corrected chi connectivity index (χ2v) is 6.20. The Labute approximate surface area is 132 Å². The molecule has 0 radical (unpaired) electrons. The van der Waals surface area contributed by atoms with E-state index in [9.17, 15) is 4.39 Å². The van der Waals surface area contributed by atoms with Crippen LogP contribution < -0.4 is 10.1 Å². The third kappa shape index (κ3) is 3.27. The first-order valence-corrected chi connectivity index (χ1v) is 7.85. The van der Waals surface area contributed by atoms with Crippen LogP contribution in [0.15, 0.2) is 46.9 Å². The summed E-state index contributed by atoms with van der Waals surface area (Å²) >= 11 is 3.57. The van der Waals surface area contributed by atoms with E-state index in [0.717, 1.165) is 28.8 Å². The zero-order valence-corrected chi connectivity index (χ0v) is 13.4. The van der Waals surface area contributed by atoms with Gasteiger partial charge in [-0.3, -0.25) is 0 Å². The Kier molecular flexibility index (Phi) is 4.27. The number of hydrogen-bond acceptors (Lipinski definition) is 2. The zero-order chi connectivity index (χ0) is 14.8. The molecule has 1 aliphatic rings. The molecule has 2 nitrogen and oxygen atoms in total. The maximum atomic E-state index is 13.2. The number of ether oxygens (including phenoxy) is 1. The number of halogens is 2. The van der Waals surface area contributed by atoms with Crippen LogP contribution in [-0.4, -0.2) is 12.6 Å². The van der Waals surface area contributed by atoms with Gasteiger partial charge in [-0.1, -0.05) is 34.1 Å². The highest BCUT2D eigenvalue weighted by Crippen LogP contribution is 2.29. The van der Waals surface area contributed by atoms with Crippen molar-refractivity contribution in [1.29, 1.82) is 0 Å². The van der Waals surface area contributed by atoms with Gasteiger partial charge in [0.15, 0.2) is 0 Å². The number of nitrogens with one attached hydrogen (secondary N) is 1. The van der Waals surface area contributed by atoms with E-state index in [1.165, 1.54) is 11.6 Å². The summed E-state index contributed by atoms with van der Waals surface area (Å²) in [6, 6.07) is 13.1. The second-order valence-electron chi connectivity index (χ2n) is 5.35. The van der Waals surface area contributed by atoms with Gasteiger partial charge in [-0.25, -0.2) is 4.39 Å². The van der Waals surface area contributed by atoms with Crippen molar-refractivity contribution in [2.75, 3.05) is 6.54 Å². The number of hydrogen-bond donors (Lipinski definition) is 1. The first-order valence-electron chi connectivity index (χ1n) is 7.06. The third-order valence-electron chi connectivity index (χ3n) is 3.79. The molecule has 3 rings (SSSR count). The van der Waals surface area contributed by atoms with Crippen molar-refractivity contribution < 1.29 is 9.13 Å². The minimum absolute atomic E-state index is 0.0618. The monoisotopic (exact) mass is 349 g/mol. The first kappa shape index (κ1) is 14.5. The minimum Gasteiger partial charge on any atom is -0.488 e. The Hall–Kier alpha value is -1.39. The van der Waals surface area contributed by atoms with Gasteiger partial charge in [0.1, 0.15) is 17.7 Å². The molecule has 1 unspecified atom stereocenters. The Morgan fingerprint density at radius 1 is 1.33 bits per heavy atom. The van der Waals surface area contributed by atoms with Gasteiger partial charge in [-0.15, -0.1) is 0 Å². The van der Waals surface area contributed by atoms with Crippen LogP contribution in [-0.2, 0) is 6.42 Å². The largest absolute Gasteiger partial charge is 0.488 e. The van der Waals surface area contributed by atoms with Crippen molar-refractivity contribution in [2.24, 2.45) is 0 Å². The maximum absolute atomic E-state index is 13.2. The third-order valence-corrected chi connectivity index (χ3v) is 4.51. The van der Waals surface area contributed by atoms with Crippen LogP contribution in [0.2, 0.25) is 0 Å². The van der Waals surface area contributed by atoms with E-state index in [0.29, 0.717) is 0 Å². The molecule has 0 saturated carbocycles. The summed E-state index contributed by atoms with van der Waals surface area (Å²) in [6.45, 7) is 2.86. The van der Waals surface area contributed by atoms with E-state index in [1.807, 2.05) is 18.2 Å². The van der Waals surface area contributed by atoms with Gasteiger partial charge in [0.25, 0.3) is 0 Å². The summed E-state index contributed by atoms with van der Waals surface area (Å²) in [7, 11) is 0. The molecule has 2 aromatic carbocycles. The predicted molar refractivity (Wildman–Crippen MR) is 85.1 cm³/mol. The lowest BCUT2D eigenvalue weighted by atomic mass is 10.1. The van der Waals surface area contributed by atoms with Crippen LogP contribution in [0.3, 0.4) is 0 Å². The van der Waals surface area contributed by atoms with Crippen LogP contribution in [0.5, 0.6) is 5.75 Å². The zero-order valence-electron chi connectivity index (χ0n) is 11.8. The van der Waals surface area contributed by atoms with Crippen LogP contribution in [0.4, 0.5) is 4.39 Å². The molecule has 0 aromatic heterocycles. The molecule has 2 atom stereocenters. The molecular formula is C17H17BrFNO. The average molecular weight is 350 g/mol. The Morgan fingerprint density at radius 3 is 2.95 bits per heavy atom. The molecule has 0 bridgehead atoms. The van der Waals surface area contributed by atoms with Crippen molar-refractivity contribution in [3.05, 3.63) is 63.9 Å². The van der Waals surface area contributed by atoms with Gasteiger partial charge in [-0.05, 0) is 36.8 Å². The Morgan fingerprint density at radius 2 is 2.14 bits per heavy atom. The highest BCUT2D eigenvalue weighted by molar-refractivity contribution is 9.10. The van der Waals surface area contributed by atoms with Crippen LogP contribution in [0.1, 0.15) is 24.1 Å². The Bertz CT molecular complexity index is 646. The summed E-state index contributed by atoms with van der Waals surface area (Å²) in [5, 5.41) is 3.48. The van der Waals surface area contributed by atoms with E-state index >= 15 is 0 Å². The second kappa shape index (κ2) is 6.16. The van der Waals surface area contributed by atoms with Crippen LogP contribution >= 0.6 is 15.9 Å². The molecule has 21 heavy (non-hydrogen) atoms. The summed E-state index contributed by atoms with van der Waals surface area (Å²) in [4.78, 5) is 0. The lowest BCUT2D eigenvalue weighted by Crippen LogP contribution is -2.32. The molecule has 0 fully saturated rings. The molecule has 0 spiro atoms. The van der Waals surface area contributed by atoms with E-state index in [4.69, 9.17) is 4.74 Å². The minimum atomic E-state index is -0.201. The SMILES string of the molecule is C[C@@H](NCC1Cc2cc(F)ccc2O1)c1ccccc1Br. The fraction of sp³-hybridized carbons (Fsp3) is 0.294. The van der Waals surface area contributed by atoms with E-state index < -0.39 is 0 Å². The standard InChI is InChI=1S/C17H17BrFNO/c1-11(15-4-2-3-5-16(15)18)20-10-14-9-12-8-13(19)6-7-17(12)21-14/h2-8,11,14,20H,9-10H2,1H3/t11-,14?/m1/s1. The van der Waals surface area contributed by atoms with E-state index in [-0.39, 0.29) is 18.0 Å². The molecule has 0 amide bonds. The van der Waals surface area contributed by atoms with Crippen molar-refractivity contribution >= 4 is 15.9 Å². The van der Waals surface area contributed by atoms with Crippen molar-refractivity contribution in [3.63, 3.8) is 0 Å². The van der Waals surface area contributed by atoms with Gasteiger partial charge in [0.05, 0.1) is 0 Å². The van der Waals surface area contributed by atoms with Crippen molar-refractivity contribution in [3.8, 4) is 5.75 Å². The molecule has 1 N–H and O–H groups in total. The number of rotatable bonds is 4. The molecule has 1 heterocycles. The van der Waals surface area contributed by atoms with Crippen molar-refractivity contribution in [2.45, 2.75) is 25.5 Å². The maximum Gasteiger partial charge on any atom is 0.123 e.